The van der Waals surface area contributed by atoms with E-state index in [2.05, 4.69) is 71.3 Å². The highest BCUT2D eigenvalue weighted by Gasteiger charge is 2.07. The van der Waals surface area contributed by atoms with Crippen LogP contribution < -0.4 is 0 Å². The first-order valence-corrected chi connectivity index (χ1v) is 7.30. The van der Waals surface area contributed by atoms with Gasteiger partial charge in [-0.2, -0.15) is 0 Å². The summed E-state index contributed by atoms with van der Waals surface area (Å²) in [6.45, 7) is 0. The number of rotatable bonds is 3. The molecule has 2 heteroatoms. The molecule has 0 amide bonds. The summed E-state index contributed by atoms with van der Waals surface area (Å²) < 4.78 is 2.24. The topological polar surface area (TPSA) is 17.3 Å². The molecule has 102 valence electrons. The zero-order chi connectivity index (χ0) is 14.1. The third-order valence-electron chi connectivity index (χ3n) is 3.93. The van der Waals surface area contributed by atoms with Crippen molar-refractivity contribution in [3.8, 4) is 0 Å². The van der Waals surface area contributed by atoms with Crippen molar-refractivity contribution in [1.29, 1.82) is 0 Å². The Balaban J connectivity index is 1.78. The summed E-state index contributed by atoms with van der Waals surface area (Å²) in [6.07, 6.45) is 4.10. The normalized spacial score (nSPS) is 11.2. The highest BCUT2D eigenvalue weighted by molar-refractivity contribution is 5.79. The van der Waals surface area contributed by atoms with Crippen LogP contribution in [0.15, 0.2) is 72.9 Å². The lowest BCUT2D eigenvalue weighted by atomic mass is 10.1. The minimum absolute atomic E-state index is 0.961. The molecular formula is C19H16N2. The van der Waals surface area contributed by atoms with E-state index in [4.69, 9.17) is 4.98 Å². The Morgan fingerprint density at radius 3 is 2.38 bits per heavy atom. The van der Waals surface area contributed by atoms with E-state index in [9.17, 15) is 0 Å². The van der Waals surface area contributed by atoms with Gasteiger partial charge in [0, 0.05) is 6.20 Å². The van der Waals surface area contributed by atoms with Crippen LogP contribution in [0.1, 0.15) is 11.3 Å². The Kier molecular flexibility index (Phi) is 2.93. The smallest absolute Gasteiger partial charge is 0.0874 e. The maximum absolute atomic E-state index is 4.87. The van der Waals surface area contributed by atoms with E-state index in [-0.39, 0.29) is 0 Å². The van der Waals surface area contributed by atoms with Crippen LogP contribution in [-0.2, 0) is 12.8 Å². The predicted octanol–water partition coefficient (Wildman–Crippen LogP) is 4.27. The molecule has 0 aliphatic heterocycles. The fourth-order valence-electron chi connectivity index (χ4n) is 2.88. The van der Waals surface area contributed by atoms with Gasteiger partial charge in [-0.3, -0.25) is 0 Å². The van der Waals surface area contributed by atoms with Gasteiger partial charge >= 0.3 is 0 Å². The van der Waals surface area contributed by atoms with Crippen LogP contribution in [0.25, 0.3) is 16.6 Å². The highest BCUT2D eigenvalue weighted by atomic mass is 14.9. The van der Waals surface area contributed by atoms with Crippen molar-refractivity contribution >= 4 is 16.6 Å². The van der Waals surface area contributed by atoms with Crippen LogP contribution in [0.4, 0.5) is 0 Å². The number of aromatic nitrogens is 2. The van der Waals surface area contributed by atoms with E-state index in [1.165, 1.54) is 22.3 Å². The number of hydrogen-bond donors (Lipinski definition) is 0. The molecule has 2 heterocycles. The fraction of sp³-hybridized carbons (Fsp3) is 0.105. The Bertz CT molecular complexity index is 891. The second-order valence-electron chi connectivity index (χ2n) is 5.30. The molecule has 0 saturated carbocycles. The molecule has 0 bridgehead atoms. The minimum Gasteiger partial charge on any atom is -0.313 e. The monoisotopic (exact) mass is 272 g/mol. The van der Waals surface area contributed by atoms with Crippen molar-refractivity contribution in [2.24, 2.45) is 0 Å². The Labute approximate surface area is 123 Å². The molecule has 21 heavy (non-hydrogen) atoms. The van der Waals surface area contributed by atoms with E-state index in [1.54, 1.807) is 0 Å². The van der Waals surface area contributed by atoms with Crippen LogP contribution in [0, 0.1) is 0 Å². The molecule has 0 saturated heterocycles. The predicted molar refractivity (Wildman–Crippen MR) is 86.5 cm³/mol. The van der Waals surface area contributed by atoms with Crippen molar-refractivity contribution < 1.29 is 0 Å². The summed E-state index contributed by atoms with van der Waals surface area (Å²) in [7, 11) is 0. The van der Waals surface area contributed by atoms with Crippen LogP contribution in [0.2, 0.25) is 0 Å². The van der Waals surface area contributed by atoms with Gasteiger partial charge in [0.05, 0.1) is 22.2 Å². The van der Waals surface area contributed by atoms with Crippen molar-refractivity contribution in [1.82, 2.24) is 9.38 Å². The highest BCUT2D eigenvalue weighted by Crippen LogP contribution is 2.20. The third-order valence-corrected chi connectivity index (χ3v) is 3.93. The summed E-state index contributed by atoms with van der Waals surface area (Å²) >= 11 is 0. The zero-order valence-corrected chi connectivity index (χ0v) is 11.7. The number of nitrogens with zero attached hydrogens (tertiary/aromatic N) is 2. The maximum Gasteiger partial charge on any atom is 0.0874 e. The average molecular weight is 272 g/mol. The molecule has 2 nitrogen and oxygen atoms in total. The van der Waals surface area contributed by atoms with Crippen LogP contribution in [-0.4, -0.2) is 9.38 Å². The first-order chi connectivity index (χ1) is 10.4. The number of fused-ring (bicyclic) bond motifs is 3. The van der Waals surface area contributed by atoms with Gasteiger partial charge in [0.25, 0.3) is 0 Å². The molecular weight excluding hydrogens is 256 g/mol. The van der Waals surface area contributed by atoms with Crippen molar-refractivity contribution in [2.75, 3.05) is 0 Å². The second kappa shape index (κ2) is 5.06. The molecule has 0 atom stereocenters. The molecule has 0 fully saturated rings. The number of hydrogen-bond acceptors (Lipinski definition) is 1. The van der Waals surface area contributed by atoms with Crippen LogP contribution >= 0.6 is 0 Å². The lowest BCUT2D eigenvalue weighted by molar-refractivity contribution is 0.922. The second-order valence-corrected chi connectivity index (χ2v) is 5.30. The molecule has 4 rings (SSSR count). The first-order valence-electron chi connectivity index (χ1n) is 7.30. The van der Waals surface area contributed by atoms with Crippen molar-refractivity contribution in [3.63, 3.8) is 0 Å². The Hall–Kier alpha value is -2.61. The molecule has 2 aromatic carbocycles. The van der Waals surface area contributed by atoms with Crippen molar-refractivity contribution in [2.45, 2.75) is 12.8 Å². The molecule has 0 aliphatic rings. The van der Waals surface area contributed by atoms with Gasteiger partial charge in [0.2, 0.25) is 0 Å². The summed E-state index contributed by atoms with van der Waals surface area (Å²) in [6, 6.07) is 23.2. The lowest BCUT2D eigenvalue weighted by Crippen LogP contribution is -2.00. The van der Waals surface area contributed by atoms with E-state index < -0.39 is 0 Å². The van der Waals surface area contributed by atoms with E-state index >= 15 is 0 Å². The fourth-order valence-corrected chi connectivity index (χ4v) is 2.88. The van der Waals surface area contributed by atoms with E-state index in [1.807, 2.05) is 6.07 Å². The first kappa shape index (κ1) is 12.2. The van der Waals surface area contributed by atoms with Crippen LogP contribution in [0.3, 0.4) is 0 Å². The molecule has 0 aliphatic carbocycles. The Morgan fingerprint density at radius 1 is 0.714 bits per heavy atom. The SMILES string of the molecule is c1ccc(CCc2nc3ccccc3n3cccc23)cc1. The number of para-hydroxylation sites is 2. The average Bonchev–Trinajstić information content (AvgIpc) is 3.04. The molecule has 0 N–H and O–H groups in total. The maximum atomic E-state index is 4.87. The van der Waals surface area contributed by atoms with Gasteiger partial charge in [0.15, 0.2) is 0 Å². The molecule has 2 aromatic heterocycles. The molecule has 0 unspecified atom stereocenters. The van der Waals surface area contributed by atoms with Crippen molar-refractivity contribution in [3.05, 3.63) is 84.2 Å². The standard InChI is InChI=1S/C19H16N2/c1-2-7-15(8-3-1)12-13-17-19-11-6-14-21(19)18-10-5-4-9-16(18)20-17/h1-11,14H,12-13H2. The van der Waals surface area contributed by atoms with Crippen LogP contribution in [0.5, 0.6) is 0 Å². The number of aryl methyl sites for hydroxylation is 2. The van der Waals surface area contributed by atoms with Gasteiger partial charge < -0.3 is 4.40 Å². The molecule has 0 radical (unpaired) electrons. The molecule has 0 spiro atoms. The Morgan fingerprint density at radius 2 is 1.48 bits per heavy atom. The zero-order valence-electron chi connectivity index (χ0n) is 11.7. The summed E-state index contributed by atoms with van der Waals surface area (Å²) in [5, 5.41) is 0. The summed E-state index contributed by atoms with van der Waals surface area (Å²) in [5.74, 6) is 0. The van der Waals surface area contributed by atoms with Gasteiger partial charge in [-0.25, -0.2) is 4.98 Å². The van der Waals surface area contributed by atoms with Gasteiger partial charge in [-0.1, -0.05) is 42.5 Å². The minimum atomic E-state index is 0.961. The summed E-state index contributed by atoms with van der Waals surface area (Å²) in [4.78, 5) is 4.87. The number of benzene rings is 2. The van der Waals surface area contributed by atoms with Gasteiger partial charge in [-0.15, -0.1) is 0 Å². The summed E-state index contributed by atoms with van der Waals surface area (Å²) in [5.41, 5.74) is 5.97. The van der Waals surface area contributed by atoms with E-state index in [0.29, 0.717) is 0 Å². The lowest BCUT2D eigenvalue weighted by Gasteiger charge is -2.08. The van der Waals surface area contributed by atoms with E-state index in [0.717, 1.165) is 18.4 Å². The van der Waals surface area contributed by atoms with Gasteiger partial charge in [0.1, 0.15) is 0 Å². The van der Waals surface area contributed by atoms with Gasteiger partial charge in [-0.05, 0) is 42.7 Å². The third kappa shape index (κ3) is 2.19. The molecule has 4 aromatic rings. The largest absolute Gasteiger partial charge is 0.313 e. The quantitative estimate of drug-likeness (QED) is 0.544.